The van der Waals surface area contributed by atoms with Crippen LogP contribution in [-0.4, -0.2) is 24.3 Å². The van der Waals surface area contributed by atoms with E-state index in [0.717, 1.165) is 23.5 Å². The van der Waals surface area contributed by atoms with Crippen LogP contribution in [0.4, 0.5) is 0 Å². The molecule has 19 heavy (non-hydrogen) atoms. The van der Waals surface area contributed by atoms with Crippen molar-refractivity contribution in [2.75, 3.05) is 12.9 Å². The Hall–Kier alpha value is -1.16. The van der Waals surface area contributed by atoms with Crippen LogP contribution < -0.4 is 10.1 Å². The molecule has 0 saturated heterocycles. The van der Waals surface area contributed by atoms with Crippen molar-refractivity contribution in [1.82, 2.24) is 5.32 Å². The van der Waals surface area contributed by atoms with E-state index in [4.69, 9.17) is 4.74 Å². The predicted octanol–water partition coefficient (Wildman–Crippen LogP) is 3.48. The van der Waals surface area contributed by atoms with Crippen molar-refractivity contribution in [3.05, 3.63) is 24.3 Å². The van der Waals surface area contributed by atoms with Gasteiger partial charge in [0.2, 0.25) is 5.91 Å². The summed E-state index contributed by atoms with van der Waals surface area (Å²) >= 11 is 1.54. The summed E-state index contributed by atoms with van der Waals surface area (Å²) in [4.78, 5) is 13.0. The van der Waals surface area contributed by atoms with Crippen LogP contribution in [0.3, 0.4) is 0 Å². The number of hydrogen-bond donors (Lipinski definition) is 1. The van der Waals surface area contributed by atoms with E-state index in [9.17, 15) is 4.79 Å². The maximum absolute atomic E-state index is 11.9. The largest absolute Gasteiger partial charge is 0.497 e. The molecule has 0 aliphatic heterocycles. The highest BCUT2D eigenvalue weighted by Gasteiger charge is 2.21. The Morgan fingerprint density at radius 1 is 1.26 bits per heavy atom. The van der Waals surface area contributed by atoms with Gasteiger partial charge in [0.1, 0.15) is 5.75 Å². The van der Waals surface area contributed by atoms with Crippen LogP contribution in [0.1, 0.15) is 33.6 Å². The van der Waals surface area contributed by atoms with E-state index in [-0.39, 0.29) is 11.4 Å². The summed E-state index contributed by atoms with van der Waals surface area (Å²) < 4.78 is 5.10. The third-order valence-electron chi connectivity index (χ3n) is 3.43. The first-order chi connectivity index (χ1) is 9.03. The van der Waals surface area contributed by atoms with E-state index >= 15 is 0 Å². The minimum Gasteiger partial charge on any atom is -0.497 e. The smallest absolute Gasteiger partial charge is 0.230 e. The van der Waals surface area contributed by atoms with E-state index in [1.807, 2.05) is 24.3 Å². The van der Waals surface area contributed by atoms with E-state index in [1.165, 1.54) is 0 Å². The third kappa shape index (κ3) is 5.15. The van der Waals surface area contributed by atoms with Crippen LogP contribution in [0.2, 0.25) is 0 Å². The van der Waals surface area contributed by atoms with Gasteiger partial charge in [-0.3, -0.25) is 4.79 Å². The number of hydrogen-bond acceptors (Lipinski definition) is 3. The highest BCUT2D eigenvalue weighted by atomic mass is 32.2. The molecule has 1 aromatic rings. The van der Waals surface area contributed by atoms with E-state index in [0.29, 0.717) is 5.75 Å². The summed E-state index contributed by atoms with van der Waals surface area (Å²) in [5.41, 5.74) is -0.0858. The summed E-state index contributed by atoms with van der Waals surface area (Å²) in [5.74, 6) is 1.37. The fourth-order valence-electron chi connectivity index (χ4n) is 1.62. The number of rotatable bonds is 7. The van der Waals surface area contributed by atoms with Gasteiger partial charge in [-0.25, -0.2) is 0 Å². The van der Waals surface area contributed by atoms with Gasteiger partial charge in [-0.15, -0.1) is 11.8 Å². The van der Waals surface area contributed by atoms with Gasteiger partial charge in [-0.05, 0) is 44.0 Å². The van der Waals surface area contributed by atoms with Crippen molar-refractivity contribution in [3.63, 3.8) is 0 Å². The minimum atomic E-state index is -0.0858. The Balaban J connectivity index is 2.45. The Labute approximate surface area is 120 Å². The summed E-state index contributed by atoms with van der Waals surface area (Å²) in [6.07, 6.45) is 1.89. The van der Waals surface area contributed by atoms with Gasteiger partial charge < -0.3 is 10.1 Å². The quantitative estimate of drug-likeness (QED) is 0.778. The molecule has 0 spiro atoms. The number of nitrogens with one attached hydrogen (secondary N) is 1. The second-order valence-electron chi connectivity index (χ2n) is 4.78. The fourth-order valence-corrected chi connectivity index (χ4v) is 2.32. The van der Waals surface area contributed by atoms with Crippen LogP contribution in [0.25, 0.3) is 0 Å². The zero-order chi connectivity index (χ0) is 14.3. The summed E-state index contributed by atoms with van der Waals surface area (Å²) in [7, 11) is 1.64. The Morgan fingerprint density at radius 3 is 2.32 bits per heavy atom. The van der Waals surface area contributed by atoms with Crippen molar-refractivity contribution in [3.8, 4) is 5.75 Å². The van der Waals surface area contributed by atoms with Crippen LogP contribution in [-0.2, 0) is 4.79 Å². The highest BCUT2D eigenvalue weighted by Crippen LogP contribution is 2.21. The molecule has 106 valence electrons. The maximum atomic E-state index is 11.9. The maximum Gasteiger partial charge on any atom is 0.230 e. The lowest BCUT2D eigenvalue weighted by Gasteiger charge is -2.28. The molecule has 4 heteroatoms. The summed E-state index contributed by atoms with van der Waals surface area (Å²) in [6.45, 7) is 6.28. The Morgan fingerprint density at radius 2 is 1.84 bits per heavy atom. The molecule has 0 radical (unpaired) electrons. The molecule has 0 fully saturated rings. The number of thioether (sulfide) groups is 1. The van der Waals surface area contributed by atoms with Crippen molar-refractivity contribution < 1.29 is 9.53 Å². The van der Waals surface area contributed by atoms with Crippen LogP contribution >= 0.6 is 11.8 Å². The third-order valence-corrected chi connectivity index (χ3v) is 4.44. The molecule has 0 saturated carbocycles. The molecule has 0 aliphatic rings. The number of carbonyl (C=O) groups excluding carboxylic acids is 1. The molecular weight excluding hydrogens is 258 g/mol. The standard InChI is InChI=1S/C15H23NO2S/c1-5-15(3,6-2)16-14(17)11-19-13-9-7-12(18-4)8-10-13/h7-10H,5-6,11H2,1-4H3,(H,16,17). The molecule has 0 unspecified atom stereocenters. The number of ether oxygens (including phenoxy) is 1. The molecule has 0 atom stereocenters. The lowest BCUT2D eigenvalue weighted by atomic mass is 9.96. The van der Waals surface area contributed by atoms with Gasteiger partial charge >= 0.3 is 0 Å². The molecule has 3 nitrogen and oxygen atoms in total. The zero-order valence-corrected chi connectivity index (χ0v) is 13.0. The SMILES string of the molecule is CCC(C)(CC)NC(=O)CSc1ccc(OC)cc1. The molecule has 0 bridgehead atoms. The van der Waals surface area contributed by atoms with Crippen molar-refractivity contribution >= 4 is 17.7 Å². The molecule has 1 rings (SSSR count). The number of methoxy groups -OCH3 is 1. The zero-order valence-electron chi connectivity index (χ0n) is 12.2. The average molecular weight is 281 g/mol. The van der Waals surface area contributed by atoms with Crippen molar-refractivity contribution in [1.29, 1.82) is 0 Å². The molecule has 1 N–H and O–H groups in total. The van der Waals surface area contributed by atoms with Gasteiger partial charge in [0.15, 0.2) is 0 Å². The second kappa shape index (κ2) is 7.43. The highest BCUT2D eigenvalue weighted by molar-refractivity contribution is 8.00. The van der Waals surface area contributed by atoms with Gasteiger partial charge in [0.05, 0.1) is 12.9 Å². The fraction of sp³-hybridized carbons (Fsp3) is 0.533. The van der Waals surface area contributed by atoms with Gasteiger partial charge in [-0.2, -0.15) is 0 Å². The minimum absolute atomic E-state index is 0.0858. The first-order valence-electron chi connectivity index (χ1n) is 6.61. The monoisotopic (exact) mass is 281 g/mol. The number of amides is 1. The second-order valence-corrected chi connectivity index (χ2v) is 5.83. The van der Waals surface area contributed by atoms with Crippen LogP contribution in [0.5, 0.6) is 5.75 Å². The van der Waals surface area contributed by atoms with E-state index in [2.05, 4.69) is 26.1 Å². The first kappa shape index (κ1) is 15.9. The lowest BCUT2D eigenvalue weighted by Crippen LogP contribution is -2.45. The van der Waals surface area contributed by atoms with Crippen molar-refractivity contribution in [2.45, 2.75) is 44.0 Å². The summed E-state index contributed by atoms with van der Waals surface area (Å²) in [5, 5.41) is 3.10. The normalized spacial score (nSPS) is 11.2. The van der Waals surface area contributed by atoms with Crippen molar-refractivity contribution in [2.24, 2.45) is 0 Å². The van der Waals surface area contributed by atoms with Gasteiger partial charge in [-0.1, -0.05) is 13.8 Å². The molecule has 0 aliphatic carbocycles. The molecule has 0 heterocycles. The van der Waals surface area contributed by atoms with Gasteiger partial charge in [0.25, 0.3) is 0 Å². The topological polar surface area (TPSA) is 38.3 Å². The molecule has 0 aromatic heterocycles. The lowest BCUT2D eigenvalue weighted by molar-refractivity contribution is -0.120. The first-order valence-corrected chi connectivity index (χ1v) is 7.59. The molecular formula is C15H23NO2S. The predicted molar refractivity (Wildman–Crippen MR) is 80.8 cm³/mol. The van der Waals surface area contributed by atoms with E-state index in [1.54, 1.807) is 18.9 Å². The molecule has 1 amide bonds. The van der Waals surface area contributed by atoms with Crippen LogP contribution in [0.15, 0.2) is 29.2 Å². The van der Waals surface area contributed by atoms with E-state index < -0.39 is 0 Å². The Bertz CT molecular complexity index is 399. The number of carbonyl (C=O) groups is 1. The van der Waals surface area contributed by atoms with Gasteiger partial charge in [0, 0.05) is 10.4 Å². The Kier molecular flexibility index (Phi) is 6.22. The number of benzene rings is 1. The van der Waals surface area contributed by atoms with Crippen LogP contribution in [0, 0.1) is 0 Å². The molecule has 1 aromatic carbocycles. The summed E-state index contributed by atoms with van der Waals surface area (Å²) in [6, 6.07) is 7.75. The average Bonchev–Trinajstić information content (AvgIpc) is 2.45.